The summed E-state index contributed by atoms with van der Waals surface area (Å²) in [5, 5.41) is 15.4. The van der Waals surface area contributed by atoms with E-state index in [0.717, 1.165) is 18.9 Å². The molecular formula is C18H24N4O7S. The predicted octanol–water partition coefficient (Wildman–Crippen LogP) is 2.48. The number of hydrogen-bond acceptors (Lipinski definition) is 9. The molecule has 0 amide bonds. The molecular weight excluding hydrogens is 416 g/mol. The van der Waals surface area contributed by atoms with E-state index in [2.05, 4.69) is 17.1 Å². The molecule has 3 rings (SSSR count). The lowest BCUT2D eigenvalue weighted by atomic mass is 10.2. The number of aryl methyl sites for hydroxylation is 1. The van der Waals surface area contributed by atoms with Gasteiger partial charge in [-0.1, -0.05) is 18.5 Å². The van der Waals surface area contributed by atoms with Gasteiger partial charge in [0, 0.05) is 25.6 Å². The van der Waals surface area contributed by atoms with E-state index in [0.29, 0.717) is 12.2 Å². The Labute approximate surface area is 174 Å². The van der Waals surface area contributed by atoms with Crippen LogP contribution in [-0.4, -0.2) is 54.1 Å². The average Bonchev–Trinajstić information content (AvgIpc) is 3.22. The van der Waals surface area contributed by atoms with Crippen LogP contribution in [0.3, 0.4) is 0 Å². The fourth-order valence-corrected chi connectivity index (χ4v) is 4.37. The van der Waals surface area contributed by atoms with Crippen molar-refractivity contribution in [1.29, 1.82) is 0 Å². The summed E-state index contributed by atoms with van der Waals surface area (Å²) in [7, 11) is -3.87. The van der Waals surface area contributed by atoms with Crippen molar-refractivity contribution in [3.05, 3.63) is 40.0 Å². The van der Waals surface area contributed by atoms with E-state index in [4.69, 9.17) is 14.0 Å². The summed E-state index contributed by atoms with van der Waals surface area (Å²) in [5.74, 6) is 0.658. The smallest absolute Gasteiger partial charge is 0.312 e. The minimum absolute atomic E-state index is 0.0817. The van der Waals surface area contributed by atoms with E-state index in [1.54, 1.807) is 6.92 Å². The van der Waals surface area contributed by atoms with Gasteiger partial charge in [0.15, 0.2) is 17.7 Å². The quantitative estimate of drug-likeness (QED) is 0.425. The average molecular weight is 440 g/mol. The van der Waals surface area contributed by atoms with Gasteiger partial charge < -0.3 is 14.0 Å². The Morgan fingerprint density at radius 2 is 2.07 bits per heavy atom. The van der Waals surface area contributed by atoms with E-state index in [1.807, 2.05) is 0 Å². The van der Waals surface area contributed by atoms with Gasteiger partial charge in [-0.05, 0) is 25.5 Å². The Morgan fingerprint density at radius 1 is 1.33 bits per heavy atom. The van der Waals surface area contributed by atoms with Gasteiger partial charge in [0.25, 0.3) is 5.89 Å². The molecule has 1 aromatic heterocycles. The molecule has 12 heteroatoms. The number of morpholine rings is 1. The number of sulfonamides is 1. The Morgan fingerprint density at radius 3 is 2.73 bits per heavy atom. The first-order chi connectivity index (χ1) is 14.3. The fraction of sp³-hybridized carbons (Fsp3) is 0.556. The predicted molar refractivity (Wildman–Crippen MR) is 105 cm³/mol. The highest BCUT2D eigenvalue weighted by Crippen LogP contribution is 2.33. The van der Waals surface area contributed by atoms with Crippen LogP contribution in [0.2, 0.25) is 0 Å². The summed E-state index contributed by atoms with van der Waals surface area (Å²) >= 11 is 0. The van der Waals surface area contributed by atoms with Crippen molar-refractivity contribution in [2.24, 2.45) is 0 Å². The van der Waals surface area contributed by atoms with Crippen LogP contribution in [0.25, 0.3) is 0 Å². The molecule has 0 radical (unpaired) electrons. The second kappa shape index (κ2) is 9.49. The van der Waals surface area contributed by atoms with Gasteiger partial charge in [0.1, 0.15) is 0 Å². The van der Waals surface area contributed by atoms with Crippen molar-refractivity contribution in [1.82, 2.24) is 14.4 Å². The van der Waals surface area contributed by atoms with Crippen molar-refractivity contribution < 1.29 is 27.3 Å². The van der Waals surface area contributed by atoms with E-state index in [9.17, 15) is 18.5 Å². The van der Waals surface area contributed by atoms with Crippen molar-refractivity contribution >= 4 is 15.7 Å². The number of benzene rings is 1. The number of ether oxygens (including phenoxy) is 2. The number of aromatic nitrogens is 2. The zero-order chi connectivity index (χ0) is 21.7. The molecule has 2 heterocycles. The van der Waals surface area contributed by atoms with Crippen molar-refractivity contribution in [2.45, 2.75) is 44.1 Å². The molecule has 1 aliphatic heterocycles. The third kappa shape index (κ3) is 4.94. The molecule has 11 nitrogen and oxygen atoms in total. The summed E-state index contributed by atoms with van der Waals surface area (Å²) < 4.78 is 42.8. The first-order valence-corrected chi connectivity index (χ1v) is 11.1. The first kappa shape index (κ1) is 22.1. The molecule has 1 aromatic carbocycles. The van der Waals surface area contributed by atoms with E-state index in [1.165, 1.54) is 16.4 Å². The second-order valence-electron chi connectivity index (χ2n) is 6.82. The Kier molecular flexibility index (Phi) is 7.00. The zero-order valence-electron chi connectivity index (χ0n) is 16.8. The van der Waals surface area contributed by atoms with Crippen LogP contribution in [-0.2, 0) is 21.2 Å². The lowest BCUT2D eigenvalue weighted by Gasteiger charge is -2.26. The maximum Gasteiger partial charge on any atom is 0.312 e. The van der Waals surface area contributed by atoms with Crippen LogP contribution in [0.1, 0.15) is 44.5 Å². The molecule has 1 aliphatic rings. The van der Waals surface area contributed by atoms with Gasteiger partial charge in [-0.25, -0.2) is 8.42 Å². The molecule has 1 atom stereocenters. The summed E-state index contributed by atoms with van der Waals surface area (Å²) in [6.07, 6.45) is 1.83. The lowest BCUT2D eigenvalue weighted by molar-refractivity contribution is -0.386. The SMILES string of the molecule is CCCCc1noc([C@@H](C)Oc2ccc(S(=O)(=O)N3CCOCC3)cc2[N+](=O)[O-])n1. The van der Waals surface area contributed by atoms with Crippen LogP contribution in [0.15, 0.2) is 27.6 Å². The molecule has 1 saturated heterocycles. The van der Waals surface area contributed by atoms with Gasteiger partial charge >= 0.3 is 5.69 Å². The van der Waals surface area contributed by atoms with Gasteiger partial charge in [0.2, 0.25) is 10.0 Å². The molecule has 0 N–H and O–H groups in total. The van der Waals surface area contributed by atoms with Crippen LogP contribution >= 0.6 is 0 Å². The van der Waals surface area contributed by atoms with Crippen molar-refractivity contribution in [3.63, 3.8) is 0 Å². The molecule has 2 aromatic rings. The molecule has 0 saturated carbocycles. The maximum absolute atomic E-state index is 12.8. The lowest BCUT2D eigenvalue weighted by Crippen LogP contribution is -2.40. The number of nitro benzene ring substituents is 1. The van der Waals surface area contributed by atoms with Crippen LogP contribution in [0, 0.1) is 10.1 Å². The molecule has 30 heavy (non-hydrogen) atoms. The topological polar surface area (TPSA) is 138 Å². The second-order valence-corrected chi connectivity index (χ2v) is 8.75. The number of nitrogens with zero attached hydrogens (tertiary/aromatic N) is 4. The van der Waals surface area contributed by atoms with Gasteiger partial charge in [-0.2, -0.15) is 9.29 Å². The van der Waals surface area contributed by atoms with Gasteiger partial charge in [-0.15, -0.1) is 0 Å². The first-order valence-electron chi connectivity index (χ1n) is 9.68. The minimum atomic E-state index is -3.87. The highest BCUT2D eigenvalue weighted by atomic mass is 32.2. The van der Waals surface area contributed by atoms with E-state index in [-0.39, 0.29) is 42.8 Å². The molecule has 0 unspecified atom stereocenters. The Balaban J connectivity index is 1.81. The van der Waals surface area contributed by atoms with E-state index >= 15 is 0 Å². The van der Waals surface area contributed by atoms with Crippen LogP contribution in [0.5, 0.6) is 5.75 Å². The van der Waals surface area contributed by atoms with E-state index < -0.39 is 26.7 Å². The molecule has 0 spiro atoms. The van der Waals surface area contributed by atoms with Crippen molar-refractivity contribution in [2.75, 3.05) is 26.3 Å². The normalized spacial score (nSPS) is 16.3. The number of nitro groups is 1. The minimum Gasteiger partial charge on any atom is -0.474 e. The van der Waals surface area contributed by atoms with Crippen LogP contribution in [0.4, 0.5) is 5.69 Å². The standard InChI is InChI=1S/C18H24N4O7S/c1-3-4-5-17-19-18(29-20-17)13(2)28-16-7-6-14(12-15(16)22(23)24)30(25,26)21-8-10-27-11-9-21/h6-7,12-13H,3-5,8-11H2,1-2H3/t13-/m1/s1. The summed E-state index contributed by atoms with van der Waals surface area (Å²) in [4.78, 5) is 15.0. The van der Waals surface area contributed by atoms with Gasteiger partial charge in [-0.3, -0.25) is 10.1 Å². The number of hydrogen-bond donors (Lipinski definition) is 0. The summed E-state index contributed by atoms with van der Waals surface area (Å²) in [6.45, 7) is 4.63. The third-order valence-corrected chi connectivity index (χ3v) is 6.52. The highest BCUT2D eigenvalue weighted by Gasteiger charge is 2.30. The zero-order valence-corrected chi connectivity index (χ0v) is 17.6. The maximum atomic E-state index is 12.8. The molecule has 164 valence electrons. The largest absolute Gasteiger partial charge is 0.474 e. The Bertz CT molecular complexity index is 986. The summed E-state index contributed by atoms with van der Waals surface area (Å²) in [6, 6.07) is 3.57. The fourth-order valence-electron chi connectivity index (χ4n) is 2.95. The molecule has 0 aliphatic carbocycles. The monoisotopic (exact) mass is 440 g/mol. The molecule has 0 bridgehead atoms. The van der Waals surface area contributed by atoms with Crippen LogP contribution < -0.4 is 4.74 Å². The summed E-state index contributed by atoms with van der Waals surface area (Å²) in [5.41, 5.74) is -0.457. The molecule has 1 fully saturated rings. The number of rotatable bonds is 9. The van der Waals surface area contributed by atoms with Gasteiger partial charge in [0.05, 0.1) is 23.0 Å². The third-order valence-electron chi connectivity index (χ3n) is 4.62. The highest BCUT2D eigenvalue weighted by molar-refractivity contribution is 7.89. The Hall–Kier alpha value is -2.57. The number of unbranched alkanes of at least 4 members (excludes halogenated alkanes) is 1. The van der Waals surface area contributed by atoms with Crippen molar-refractivity contribution in [3.8, 4) is 5.75 Å².